The molecule has 0 bridgehead atoms. The molecule has 1 saturated heterocycles. The number of esters is 1. The molecule has 0 aromatic rings. The van der Waals surface area contributed by atoms with Gasteiger partial charge in [0.1, 0.15) is 12.1 Å². The van der Waals surface area contributed by atoms with Gasteiger partial charge >= 0.3 is 5.97 Å². The van der Waals surface area contributed by atoms with E-state index in [-0.39, 0.29) is 6.54 Å². The van der Waals surface area contributed by atoms with Crippen molar-refractivity contribution in [1.82, 2.24) is 4.90 Å². The molecule has 0 aromatic carbocycles. The van der Waals surface area contributed by atoms with Crippen LogP contribution in [0.3, 0.4) is 0 Å². The lowest BCUT2D eigenvalue weighted by atomic mass is 10.1. The lowest BCUT2D eigenvalue weighted by Gasteiger charge is -2.31. The van der Waals surface area contributed by atoms with Crippen molar-refractivity contribution in [3.8, 4) is 0 Å². The van der Waals surface area contributed by atoms with Gasteiger partial charge in [-0.2, -0.15) is 0 Å². The number of amides is 1. The molecule has 0 radical (unpaired) electrons. The quantitative estimate of drug-likeness (QED) is 0.582. The molecule has 19 heavy (non-hydrogen) atoms. The molecule has 0 atom stereocenters. The molecule has 0 aromatic heterocycles. The molecule has 6 heteroatoms. The Hall–Kier alpha value is -0.480. The normalized spacial score (nSPS) is 20.7. The van der Waals surface area contributed by atoms with Crippen molar-refractivity contribution < 1.29 is 14.3 Å². The Kier molecular flexibility index (Phi) is 5.51. The molecule has 1 rings (SSSR count). The number of alkyl halides is 2. The van der Waals surface area contributed by atoms with E-state index in [2.05, 4.69) is 0 Å². The standard InChI is InChI=1S/C13H21Cl2NO3/c1-12(2,3)19-10(17)9-16-8-6-4-5-7-13(14,15)11(16)18/h4-9H2,1-3H3. The average Bonchev–Trinajstić information content (AvgIpc) is 2.22. The van der Waals surface area contributed by atoms with E-state index >= 15 is 0 Å². The van der Waals surface area contributed by atoms with Gasteiger partial charge in [0.25, 0.3) is 5.91 Å². The molecule has 1 amide bonds. The van der Waals surface area contributed by atoms with Gasteiger partial charge in [0.05, 0.1) is 0 Å². The van der Waals surface area contributed by atoms with Crippen LogP contribution in [-0.2, 0) is 14.3 Å². The van der Waals surface area contributed by atoms with Gasteiger partial charge in [0.15, 0.2) is 4.33 Å². The molecule has 0 spiro atoms. The number of ether oxygens (including phenoxy) is 1. The lowest BCUT2D eigenvalue weighted by Crippen LogP contribution is -2.47. The van der Waals surface area contributed by atoms with E-state index in [1.54, 1.807) is 20.8 Å². The minimum Gasteiger partial charge on any atom is -0.459 e. The first-order valence-corrected chi connectivity index (χ1v) is 7.26. The Morgan fingerprint density at radius 2 is 1.95 bits per heavy atom. The monoisotopic (exact) mass is 309 g/mol. The van der Waals surface area contributed by atoms with E-state index in [4.69, 9.17) is 27.9 Å². The molecule has 4 nitrogen and oxygen atoms in total. The van der Waals surface area contributed by atoms with Crippen LogP contribution in [0.1, 0.15) is 46.5 Å². The molecular formula is C13H21Cl2NO3. The Labute approximate surface area is 124 Å². The fraction of sp³-hybridized carbons (Fsp3) is 0.846. The molecule has 0 unspecified atom stereocenters. The number of hydrogen-bond donors (Lipinski definition) is 0. The first-order valence-electron chi connectivity index (χ1n) is 6.51. The number of rotatable bonds is 2. The third-order valence-corrected chi connectivity index (χ3v) is 3.46. The van der Waals surface area contributed by atoms with Crippen LogP contribution < -0.4 is 0 Å². The molecule has 1 aliphatic heterocycles. The highest BCUT2D eigenvalue weighted by Crippen LogP contribution is 2.32. The van der Waals surface area contributed by atoms with Gasteiger partial charge in [0, 0.05) is 6.54 Å². The second kappa shape index (κ2) is 6.31. The molecule has 1 fully saturated rings. The highest BCUT2D eigenvalue weighted by Gasteiger charge is 2.38. The van der Waals surface area contributed by atoms with Crippen LogP contribution in [-0.4, -0.2) is 39.8 Å². The molecule has 0 aliphatic carbocycles. The smallest absolute Gasteiger partial charge is 0.326 e. The van der Waals surface area contributed by atoms with Crippen molar-refractivity contribution in [3.05, 3.63) is 0 Å². The predicted molar refractivity (Wildman–Crippen MR) is 75.3 cm³/mol. The van der Waals surface area contributed by atoms with Crippen LogP contribution in [0.25, 0.3) is 0 Å². The van der Waals surface area contributed by atoms with Gasteiger partial charge in [-0.25, -0.2) is 0 Å². The molecule has 0 N–H and O–H groups in total. The van der Waals surface area contributed by atoms with Gasteiger partial charge < -0.3 is 9.64 Å². The maximum Gasteiger partial charge on any atom is 0.326 e. The SMILES string of the molecule is CC(C)(C)OC(=O)CN1CCCCCC(Cl)(Cl)C1=O. The molecule has 0 saturated carbocycles. The van der Waals surface area contributed by atoms with Crippen LogP contribution >= 0.6 is 23.2 Å². The Morgan fingerprint density at radius 3 is 2.53 bits per heavy atom. The van der Waals surface area contributed by atoms with Crippen LogP contribution in [0.2, 0.25) is 0 Å². The Morgan fingerprint density at radius 1 is 1.32 bits per heavy atom. The summed E-state index contributed by atoms with van der Waals surface area (Å²) in [5.41, 5.74) is -0.568. The van der Waals surface area contributed by atoms with Crippen LogP contribution in [0.15, 0.2) is 0 Å². The number of halogens is 2. The van der Waals surface area contributed by atoms with Gasteiger partial charge in [-0.3, -0.25) is 9.59 Å². The summed E-state index contributed by atoms with van der Waals surface area (Å²) in [5, 5.41) is 0. The van der Waals surface area contributed by atoms with Crippen molar-refractivity contribution in [1.29, 1.82) is 0 Å². The van der Waals surface area contributed by atoms with Crippen molar-refractivity contribution in [2.24, 2.45) is 0 Å². The third kappa shape index (κ3) is 5.57. The van der Waals surface area contributed by atoms with Crippen molar-refractivity contribution in [2.45, 2.75) is 56.4 Å². The largest absolute Gasteiger partial charge is 0.459 e. The first kappa shape index (κ1) is 16.6. The minimum atomic E-state index is -1.43. The topological polar surface area (TPSA) is 46.6 Å². The summed E-state index contributed by atoms with van der Waals surface area (Å²) in [6.07, 6.45) is 3.02. The van der Waals surface area contributed by atoms with Gasteiger partial charge in [0.2, 0.25) is 0 Å². The number of likely N-dealkylation sites (tertiary alicyclic amines) is 1. The zero-order valence-electron chi connectivity index (χ0n) is 11.7. The zero-order chi connectivity index (χ0) is 14.7. The van der Waals surface area contributed by atoms with Crippen LogP contribution in [0.4, 0.5) is 0 Å². The third-order valence-electron chi connectivity index (χ3n) is 2.76. The van der Waals surface area contributed by atoms with Gasteiger partial charge in [-0.05, 0) is 40.0 Å². The fourth-order valence-electron chi connectivity index (χ4n) is 1.95. The van der Waals surface area contributed by atoms with E-state index in [0.29, 0.717) is 13.0 Å². The summed E-state index contributed by atoms with van der Waals surface area (Å²) in [7, 11) is 0. The van der Waals surface area contributed by atoms with E-state index in [9.17, 15) is 9.59 Å². The average molecular weight is 310 g/mol. The van der Waals surface area contributed by atoms with Crippen LogP contribution in [0.5, 0.6) is 0 Å². The molecular weight excluding hydrogens is 289 g/mol. The maximum atomic E-state index is 12.2. The van der Waals surface area contributed by atoms with E-state index < -0.39 is 21.8 Å². The molecule has 1 aliphatic rings. The summed E-state index contributed by atoms with van der Waals surface area (Å²) in [5.74, 6) is -0.841. The molecule has 110 valence electrons. The van der Waals surface area contributed by atoms with Crippen molar-refractivity contribution in [3.63, 3.8) is 0 Å². The Balaban J connectivity index is 2.68. The highest BCUT2D eigenvalue weighted by molar-refractivity contribution is 6.58. The summed E-state index contributed by atoms with van der Waals surface area (Å²) >= 11 is 12.1. The number of carbonyl (C=O) groups is 2. The Bertz CT molecular complexity index is 350. The van der Waals surface area contributed by atoms with Crippen LogP contribution in [0, 0.1) is 0 Å². The summed E-state index contributed by atoms with van der Waals surface area (Å²) in [6.45, 7) is 5.74. The number of hydrogen-bond acceptors (Lipinski definition) is 3. The first-order chi connectivity index (χ1) is 8.62. The minimum absolute atomic E-state index is 0.0999. The number of carbonyl (C=O) groups excluding carboxylic acids is 2. The van der Waals surface area contributed by atoms with Crippen molar-refractivity contribution >= 4 is 35.1 Å². The van der Waals surface area contributed by atoms with E-state index in [0.717, 1.165) is 19.3 Å². The van der Waals surface area contributed by atoms with Gasteiger partial charge in [-0.15, -0.1) is 0 Å². The fourth-order valence-corrected chi connectivity index (χ4v) is 2.45. The second-order valence-electron chi connectivity index (χ2n) is 5.83. The summed E-state index contributed by atoms with van der Waals surface area (Å²) in [4.78, 5) is 25.4. The highest BCUT2D eigenvalue weighted by atomic mass is 35.5. The summed E-state index contributed by atoms with van der Waals surface area (Å²) < 4.78 is 3.78. The maximum absolute atomic E-state index is 12.2. The lowest BCUT2D eigenvalue weighted by molar-refractivity contribution is -0.159. The predicted octanol–water partition coefficient (Wildman–Crippen LogP) is 2.90. The zero-order valence-corrected chi connectivity index (χ0v) is 13.2. The second-order valence-corrected chi connectivity index (χ2v) is 7.31. The van der Waals surface area contributed by atoms with E-state index in [1.807, 2.05) is 0 Å². The van der Waals surface area contributed by atoms with E-state index in [1.165, 1.54) is 4.90 Å². The summed E-state index contributed by atoms with van der Waals surface area (Å²) in [6, 6.07) is 0. The van der Waals surface area contributed by atoms with Crippen molar-refractivity contribution in [2.75, 3.05) is 13.1 Å². The van der Waals surface area contributed by atoms with Gasteiger partial charge in [-0.1, -0.05) is 29.6 Å². The number of nitrogens with zero attached hydrogens (tertiary/aromatic N) is 1. The molecule has 1 heterocycles.